The number of nitrogens with zero attached hydrogens (tertiary/aromatic N) is 1. The van der Waals surface area contributed by atoms with Gasteiger partial charge in [-0.2, -0.15) is 5.10 Å². The van der Waals surface area contributed by atoms with Crippen LogP contribution in [-0.2, 0) is 16.0 Å². The number of benzene rings is 1. The van der Waals surface area contributed by atoms with Crippen molar-refractivity contribution in [1.29, 1.82) is 0 Å². The molecule has 1 aromatic rings. The van der Waals surface area contributed by atoms with Crippen molar-refractivity contribution in [2.24, 2.45) is 11.0 Å². The molecule has 7 heteroatoms. The lowest BCUT2D eigenvalue weighted by Crippen LogP contribution is -2.35. The van der Waals surface area contributed by atoms with Crippen LogP contribution in [0.2, 0.25) is 0 Å². The van der Waals surface area contributed by atoms with Crippen molar-refractivity contribution in [1.82, 2.24) is 10.7 Å². The van der Waals surface area contributed by atoms with E-state index in [4.69, 9.17) is 9.47 Å². The number of nitrogens with one attached hydrogen (secondary N) is 2. The Balaban J connectivity index is 1.41. The van der Waals surface area contributed by atoms with Crippen LogP contribution in [0, 0.1) is 5.92 Å². The molecule has 2 aliphatic heterocycles. The molecule has 0 radical (unpaired) electrons. The minimum Gasteiger partial charge on any atom is -0.497 e. The number of rotatable bonds is 6. The van der Waals surface area contributed by atoms with E-state index in [-0.39, 0.29) is 17.7 Å². The zero-order valence-corrected chi connectivity index (χ0v) is 14.3. The van der Waals surface area contributed by atoms with Gasteiger partial charge in [-0.1, -0.05) is 6.07 Å². The van der Waals surface area contributed by atoms with E-state index in [2.05, 4.69) is 15.8 Å². The van der Waals surface area contributed by atoms with E-state index in [0.29, 0.717) is 38.8 Å². The predicted molar refractivity (Wildman–Crippen MR) is 92.7 cm³/mol. The minimum absolute atomic E-state index is 0.000118. The number of carbonyl (C=O) groups excluding carboxylic acids is 2. The zero-order valence-electron chi connectivity index (χ0n) is 14.3. The number of ether oxygens (including phenoxy) is 2. The van der Waals surface area contributed by atoms with Crippen LogP contribution in [0.15, 0.2) is 23.3 Å². The smallest absolute Gasteiger partial charge is 0.240 e. The van der Waals surface area contributed by atoms with Crippen LogP contribution < -0.4 is 20.2 Å². The highest BCUT2D eigenvalue weighted by Crippen LogP contribution is 2.30. The normalized spacial score (nSPS) is 19.2. The first-order valence-electron chi connectivity index (χ1n) is 8.54. The summed E-state index contributed by atoms with van der Waals surface area (Å²) in [5, 5.41) is 6.95. The SMILES string of the molecule is COc1ccc2c(c1)OC[C@H](CNC(=O)CCC1=NNC(=O)CC1)C2. The van der Waals surface area contributed by atoms with Gasteiger partial charge in [0.1, 0.15) is 11.5 Å². The maximum Gasteiger partial charge on any atom is 0.240 e. The third kappa shape index (κ3) is 4.71. The highest BCUT2D eigenvalue weighted by atomic mass is 16.5. The molecular formula is C18H23N3O4. The Kier molecular flexibility index (Phi) is 5.53. The van der Waals surface area contributed by atoms with Crippen LogP contribution >= 0.6 is 0 Å². The van der Waals surface area contributed by atoms with E-state index >= 15 is 0 Å². The van der Waals surface area contributed by atoms with Crippen LogP contribution in [0.3, 0.4) is 0 Å². The van der Waals surface area contributed by atoms with Crippen LogP contribution in [0.4, 0.5) is 0 Å². The lowest BCUT2D eigenvalue weighted by Gasteiger charge is -2.25. The van der Waals surface area contributed by atoms with Gasteiger partial charge in [-0.05, 0) is 30.9 Å². The van der Waals surface area contributed by atoms with Crippen molar-refractivity contribution < 1.29 is 19.1 Å². The molecule has 7 nitrogen and oxygen atoms in total. The molecule has 0 aromatic heterocycles. The summed E-state index contributed by atoms with van der Waals surface area (Å²) in [7, 11) is 1.63. The number of hydrogen-bond donors (Lipinski definition) is 2. The largest absolute Gasteiger partial charge is 0.497 e. The Morgan fingerprint density at radius 2 is 2.32 bits per heavy atom. The van der Waals surface area contributed by atoms with Crippen LogP contribution in [0.1, 0.15) is 31.2 Å². The lowest BCUT2D eigenvalue weighted by atomic mass is 9.96. The average molecular weight is 345 g/mol. The minimum atomic E-state index is -0.0663. The van der Waals surface area contributed by atoms with Gasteiger partial charge < -0.3 is 14.8 Å². The molecule has 134 valence electrons. The molecule has 3 rings (SSSR count). The Bertz CT molecular complexity index is 687. The first-order chi connectivity index (χ1) is 12.1. The maximum absolute atomic E-state index is 12.0. The highest BCUT2D eigenvalue weighted by molar-refractivity contribution is 5.94. The number of amides is 2. The van der Waals surface area contributed by atoms with Gasteiger partial charge in [0, 0.05) is 37.1 Å². The predicted octanol–water partition coefficient (Wildman–Crippen LogP) is 1.41. The third-order valence-electron chi connectivity index (χ3n) is 4.47. The standard InChI is InChI=1S/C18H23N3O4/c1-24-15-5-2-13-8-12(11-25-16(13)9-15)10-19-17(22)6-3-14-4-7-18(23)21-20-14/h2,5,9,12H,3-4,6-8,10-11H2,1H3,(H,19,22)(H,21,23)/t12-/m0/s1. The first kappa shape index (κ1) is 17.3. The molecule has 2 amide bonds. The number of methoxy groups -OCH3 is 1. The van der Waals surface area contributed by atoms with E-state index in [1.165, 1.54) is 0 Å². The van der Waals surface area contributed by atoms with Gasteiger partial charge in [0.05, 0.1) is 13.7 Å². The van der Waals surface area contributed by atoms with Gasteiger partial charge in [-0.15, -0.1) is 0 Å². The van der Waals surface area contributed by atoms with Crippen molar-refractivity contribution in [2.45, 2.75) is 32.1 Å². The number of hydrazone groups is 1. The van der Waals surface area contributed by atoms with Gasteiger partial charge in [0.2, 0.25) is 11.8 Å². The summed E-state index contributed by atoms with van der Waals surface area (Å²) in [4.78, 5) is 23.0. The quantitative estimate of drug-likeness (QED) is 0.816. The third-order valence-corrected chi connectivity index (χ3v) is 4.47. The topological polar surface area (TPSA) is 89.0 Å². The summed E-state index contributed by atoms with van der Waals surface area (Å²) in [6, 6.07) is 5.83. The summed E-state index contributed by atoms with van der Waals surface area (Å²) >= 11 is 0. The van der Waals surface area contributed by atoms with Crippen LogP contribution in [0.25, 0.3) is 0 Å². The van der Waals surface area contributed by atoms with Crippen molar-refractivity contribution in [3.05, 3.63) is 23.8 Å². The van der Waals surface area contributed by atoms with Crippen molar-refractivity contribution >= 4 is 17.5 Å². The molecule has 2 N–H and O–H groups in total. The molecule has 2 aliphatic rings. The zero-order chi connectivity index (χ0) is 17.6. The van der Waals surface area contributed by atoms with Crippen LogP contribution in [-0.4, -0.2) is 37.8 Å². The average Bonchev–Trinajstić information content (AvgIpc) is 2.65. The van der Waals surface area contributed by atoms with Gasteiger partial charge in [0.25, 0.3) is 0 Å². The second kappa shape index (κ2) is 8.00. The van der Waals surface area contributed by atoms with E-state index < -0.39 is 0 Å². The summed E-state index contributed by atoms with van der Waals surface area (Å²) in [5.74, 6) is 1.84. The Morgan fingerprint density at radius 3 is 3.08 bits per heavy atom. The molecule has 0 saturated heterocycles. The van der Waals surface area contributed by atoms with E-state index in [1.807, 2.05) is 18.2 Å². The molecular weight excluding hydrogens is 322 g/mol. The molecule has 25 heavy (non-hydrogen) atoms. The molecule has 0 saturated carbocycles. The van der Waals surface area contributed by atoms with Crippen LogP contribution in [0.5, 0.6) is 11.5 Å². The number of carbonyl (C=O) groups is 2. The van der Waals surface area contributed by atoms with Gasteiger partial charge >= 0.3 is 0 Å². The molecule has 1 atom stereocenters. The second-order valence-corrected chi connectivity index (χ2v) is 6.37. The Hall–Kier alpha value is -2.57. The van der Waals surface area contributed by atoms with E-state index in [0.717, 1.165) is 29.2 Å². The second-order valence-electron chi connectivity index (χ2n) is 6.37. The fourth-order valence-corrected chi connectivity index (χ4v) is 2.97. The Morgan fingerprint density at radius 1 is 1.44 bits per heavy atom. The van der Waals surface area contributed by atoms with E-state index in [1.54, 1.807) is 7.11 Å². The van der Waals surface area contributed by atoms with Crippen molar-refractivity contribution in [3.8, 4) is 11.5 Å². The molecule has 0 bridgehead atoms. The van der Waals surface area contributed by atoms with Crippen molar-refractivity contribution in [3.63, 3.8) is 0 Å². The first-order valence-corrected chi connectivity index (χ1v) is 8.54. The fraction of sp³-hybridized carbons (Fsp3) is 0.500. The molecule has 1 aromatic carbocycles. The number of hydrogen-bond acceptors (Lipinski definition) is 5. The monoisotopic (exact) mass is 345 g/mol. The summed E-state index contributed by atoms with van der Waals surface area (Å²) < 4.78 is 11.0. The molecule has 0 aliphatic carbocycles. The van der Waals surface area contributed by atoms with Gasteiger partial charge in [0.15, 0.2) is 0 Å². The highest BCUT2D eigenvalue weighted by Gasteiger charge is 2.21. The van der Waals surface area contributed by atoms with Gasteiger partial charge in [-0.3, -0.25) is 9.59 Å². The van der Waals surface area contributed by atoms with E-state index in [9.17, 15) is 9.59 Å². The molecule has 0 spiro atoms. The number of fused-ring (bicyclic) bond motifs is 1. The fourth-order valence-electron chi connectivity index (χ4n) is 2.97. The summed E-state index contributed by atoms with van der Waals surface area (Å²) in [6.07, 6.45) is 2.92. The maximum atomic E-state index is 12.0. The lowest BCUT2D eigenvalue weighted by molar-refractivity contribution is -0.121. The molecule has 2 heterocycles. The Labute approximate surface area is 146 Å². The summed E-state index contributed by atoms with van der Waals surface area (Å²) in [6.45, 7) is 1.17. The van der Waals surface area contributed by atoms with Gasteiger partial charge in [-0.25, -0.2) is 5.43 Å². The molecule has 0 unspecified atom stereocenters. The van der Waals surface area contributed by atoms with Crippen molar-refractivity contribution in [2.75, 3.05) is 20.3 Å². The summed E-state index contributed by atoms with van der Waals surface area (Å²) in [5.41, 5.74) is 4.46. The molecule has 0 fully saturated rings.